The van der Waals surface area contributed by atoms with Gasteiger partial charge < -0.3 is 14.9 Å². The van der Waals surface area contributed by atoms with Crippen molar-refractivity contribution in [2.75, 3.05) is 0 Å². The van der Waals surface area contributed by atoms with E-state index in [4.69, 9.17) is 9.63 Å². The topological polar surface area (TPSA) is 105 Å². The summed E-state index contributed by atoms with van der Waals surface area (Å²) in [6.45, 7) is 4.32. The molecule has 0 unspecified atom stereocenters. The number of hydrogen-bond acceptors (Lipinski definition) is 5. The Morgan fingerprint density at radius 3 is 2.56 bits per heavy atom. The van der Waals surface area contributed by atoms with Crippen molar-refractivity contribution in [1.82, 2.24) is 15.5 Å². The van der Waals surface area contributed by atoms with E-state index in [1.807, 2.05) is 0 Å². The number of nitrogens with zero attached hydrogens (tertiary/aromatic N) is 2. The van der Waals surface area contributed by atoms with Crippen molar-refractivity contribution in [1.29, 1.82) is 0 Å². The molecule has 1 amide bonds. The average Bonchev–Trinajstić information content (AvgIpc) is 2.60. The summed E-state index contributed by atoms with van der Waals surface area (Å²) in [6.07, 6.45) is 0. The normalized spacial score (nSPS) is 11.2. The maximum absolute atomic E-state index is 11.5. The molecule has 1 aromatic rings. The minimum Gasteiger partial charge on any atom is -0.480 e. The molecule has 0 radical (unpaired) electrons. The van der Waals surface area contributed by atoms with Crippen LogP contribution in [0.4, 0.5) is 0 Å². The van der Waals surface area contributed by atoms with E-state index in [9.17, 15) is 9.59 Å². The molecule has 0 spiro atoms. The molecule has 0 saturated heterocycles. The highest BCUT2D eigenvalue weighted by molar-refractivity contribution is 6.00. The van der Waals surface area contributed by atoms with E-state index in [1.165, 1.54) is 13.8 Å². The number of carbonyl (C=O) groups excluding carboxylic acids is 1. The molecular weight excluding hydrogens is 214 g/mol. The second kappa shape index (κ2) is 4.30. The number of aromatic nitrogens is 2. The van der Waals surface area contributed by atoms with Crippen LogP contribution in [0.15, 0.2) is 4.52 Å². The molecule has 0 aromatic carbocycles. The number of aryl methyl sites for hydroxylation is 1. The molecule has 7 heteroatoms. The zero-order valence-electron chi connectivity index (χ0n) is 9.27. The second-order valence-corrected chi connectivity index (χ2v) is 3.85. The van der Waals surface area contributed by atoms with E-state index in [-0.39, 0.29) is 12.4 Å². The fourth-order valence-corrected chi connectivity index (χ4v) is 0.886. The molecular formula is C9H13N3O4. The van der Waals surface area contributed by atoms with E-state index in [2.05, 4.69) is 15.5 Å². The van der Waals surface area contributed by atoms with Gasteiger partial charge in [-0.2, -0.15) is 4.98 Å². The number of hydrogen-bond donors (Lipinski definition) is 2. The minimum absolute atomic E-state index is 0.0242. The van der Waals surface area contributed by atoms with Crippen LogP contribution in [-0.4, -0.2) is 27.1 Å². The number of amides is 1. The maximum atomic E-state index is 11.5. The highest BCUT2D eigenvalue weighted by Gasteiger charge is 2.35. The van der Waals surface area contributed by atoms with Crippen LogP contribution in [0.25, 0.3) is 0 Å². The summed E-state index contributed by atoms with van der Waals surface area (Å²) in [4.78, 5) is 26.1. The van der Waals surface area contributed by atoms with Gasteiger partial charge in [0.2, 0.25) is 11.8 Å². The van der Waals surface area contributed by atoms with Gasteiger partial charge in [-0.25, -0.2) is 0 Å². The quantitative estimate of drug-likeness (QED) is 0.707. The van der Waals surface area contributed by atoms with Crippen LogP contribution in [0.5, 0.6) is 0 Å². The van der Waals surface area contributed by atoms with Crippen molar-refractivity contribution in [3.8, 4) is 0 Å². The molecule has 0 bridgehead atoms. The standard InChI is InChI=1S/C9H13N3O4/c1-5-11-6(16-12-5)4-10-7(13)9(2,3)8(14)15/h4H2,1-3H3,(H,10,13)(H,14,15). The molecule has 88 valence electrons. The third-order valence-corrected chi connectivity index (χ3v) is 2.07. The van der Waals surface area contributed by atoms with Gasteiger partial charge in [0.1, 0.15) is 5.41 Å². The molecule has 1 aromatic heterocycles. The predicted octanol–water partition coefficient (Wildman–Crippen LogP) is 0.105. The molecule has 1 heterocycles. The first-order valence-corrected chi connectivity index (χ1v) is 4.65. The summed E-state index contributed by atoms with van der Waals surface area (Å²) in [5.74, 6) is -1.09. The van der Waals surface area contributed by atoms with Gasteiger partial charge in [-0.1, -0.05) is 5.16 Å². The van der Waals surface area contributed by atoms with Gasteiger partial charge in [0.05, 0.1) is 6.54 Å². The van der Waals surface area contributed by atoms with E-state index >= 15 is 0 Å². The number of carboxylic acid groups (broad SMARTS) is 1. The van der Waals surface area contributed by atoms with Gasteiger partial charge in [-0.15, -0.1) is 0 Å². The molecule has 7 nitrogen and oxygen atoms in total. The Labute approximate surface area is 91.8 Å². The van der Waals surface area contributed by atoms with Crippen molar-refractivity contribution < 1.29 is 19.2 Å². The lowest BCUT2D eigenvalue weighted by Crippen LogP contribution is -2.42. The fraction of sp³-hybridized carbons (Fsp3) is 0.556. The first kappa shape index (κ1) is 12.2. The monoisotopic (exact) mass is 227 g/mol. The molecule has 0 aliphatic carbocycles. The maximum Gasteiger partial charge on any atom is 0.318 e. The Morgan fingerprint density at radius 2 is 2.12 bits per heavy atom. The van der Waals surface area contributed by atoms with Gasteiger partial charge in [0, 0.05) is 0 Å². The molecule has 0 fully saturated rings. The summed E-state index contributed by atoms with van der Waals surface area (Å²) in [7, 11) is 0. The van der Waals surface area contributed by atoms with Crippen LogP contribution >= 0.6 is 0 Å². The lowest BCUT2D eigenvalue weighted by Gasteiger charge is -2.17. The van der Waals surface area contributed by atoms with Crippen LogP contribution in [0.2, 0.25) is 0 Å². The number of carbonyl (C=O) groups is 2. The molecule has 0 atom stereocenters. The molecule has 16 heavy (non-hydrogen) atoms. The number of carboxylic acids is 1. The van der Waals surface area contributed by atoms with Crippen LogP contribution in [0, 0.1) is 12.3 Å². The first-order chi connectivity index (χ1) is 7.34. The minimum atomic E-state index is -1.48. The van der Waals surface area contributed by atoms with Crippen molar-refractivity contribution in [3.05, 3.63) is 11.7 Å². The van der Waals surface area contributed by atoms with Crippen molar-refractivity contribution in [2.45, 2.75) is 27.3 Å². The first-order valence-electron chi connectivity index (χ1n) is 4.65. The Bertz CT molecular complexity index is 411. The van der Waals surface area contributed by atoms with Gasteiger partial charge in [0.15, 0.2) is 5.82 Å². The van der Waals surface area contributed by atoms with E-state index < -0.39 is 17.3 Å². The lowest BCUT2D eigenvalue weighted by atomic mass is 9.93. The molecule has 2 N–H and O–H groups in total. The summed E-state index contributed by atoms with van der Waals surface area (Å²) in [6, 6.07) is 0. The van der Waals surface area contributed by atoms with Crippen molar-refractivity contribution in [3.63, 3.8) is 0 Å². The van der Waals surface area contributed by atoms with E-state index in [0.717, 1.165) is 0 Å². The third-order valence-electron chi connectivity index (χ3n) is 2.07. The lowest BCUT2D eigenvalue weighted by molar-refractivity contribution is -0.153. The molecule has 0 aliphatic rings. The summed E-state index contributed by atoms with van der Waals surface area (Å²) in [5.41, 5.74) is -1.48. The van der Waals surface area contributed by atoms with Gasteiger partial charge >= 0.3 is 5.97 Å². The number of rotatable bonds is 4. The van der Waals surface area contributed by atoms with Crippen LogP contribution < -0.4 is 5.32 Å². The molecule has 0 saturated carbocycles. The second-order valence-electron chi connectivity index (χ2n) is 3.85. The van der Waals surface area contributed by atoms with Gasteiger partial charge in [0.25, 0.3) is 0 Å². The van der Waals surface area contributed by atoms with E-state index in [1.54, 1.807) is 6.92 Å². The average molecular weight is 227 g/mol. The molecule has 0 aliphatic heterocycles. The van der Waals surface area contributed by atoms with Crippen LogP contribution in [0.3, 0.4) is 0 Å². The Kier molecular flexibility index (Phi) is 3.26. The van der Waals surface area contributed by atoms with Crippen molar-refractivity contribution >= 4 is 11.9 Å². The summed E-state index contributed by atoms with van der Waals surface area (Å²) >= 11 is 0. The van der Waals surface area contributed by atoms with Gasteiger partial charge in [-0.05, 0) is 20.8 Å². The summed E-state index contributed by atoms with van der Waals surface area (Å²) in [5, 5.41) is 14.8. The molecule has 1 rings (SSSR count). The zero-order valence-corrected chi connectivity index (χ0v) is 9.27. The predicted molar refractivity (Wildman–Crippen MR) is 52.3 cm³/mol. The summed E-state index contributed by atoms with van der Waals surface area (Å²) < 4.78 is 4.76. The van der Waals surface area contributed by atoms with Crippen LogP contribution in [-0.2, 0) is 16.1 Å². The van der Waals surface area contributed by atoms with Crippen LogP contribution in [0.1, 0.15) is 25.6 Å². The Hall–Kier alpha value is -1.92. The highest BCUT2D eigenvalue weighted by Crippen LogP contribution is 2.15. The highest BCUT2D eigenvalue weighted by atomic mass is 16.5. The Morgan fingerprint density at radius 1 is 1.50 bits per heavy atom. The number of aliphatic carboxylic acids is 1. The Balaban J connectivity index is 2.56. The van der Waals surface area contributed by atoms with E-state index in [0.29, 0.717) is 5.82 Å². The SMILES string of the molecule is Cc1noc(CNC(=O)C(C)(C)C(=O)O)n1. The largest absolute Gasteiger partial charge is 0.480 e. The fourth-order valence-electron chi connectivity index (χ4n) is 0.886. The zero-order chi connectivity index (χ0) is 12.3. The van der Waals surface area contributed by atoms with Gasteiger partial charge in [-0.3, -0.25) is 9.59 Å². The smallest absolute Gasteiger partial charge is 0.318 e. The third kappa shape index (κ3) is 2.56. The number of nitrogens with one attached hydrogen (secondary N) is 1. The van der Waals surface area contributed by atoms with Crippen molar-refractivity contribution in [2.24, 2.45) is 5.41 Å².